The van der Waals surface area contributed by atoms with Crippen LogP contribution in [0.4, 0.5) is 11.4 Å². The molecule has 172 valence electrons. The topological polar surface area (TPSA) is 114 Å². The van der Waals surface area contributed by atoms with Crippen LogP contribution in [0.2, 0.25) is 0 Å². The van der Waals surface area contributed by atoms with Gasteiger partial charge in [-0.2, -0.15) is 5.26 Å². The van der Waals surface area contributed by atoms with E-state index in [4.69, 9.17) is 9.47 Å². The Morgan fingerprint density at radius 1 is 1.18 bits per heavy atom. The van der Waals surface area contributed by atoms with Crippen LogP contribution in [0.5, 0.6) is 11.5 Å². The van der Waals surface area contributed by atoms with Crippen LogP contribution in [0.15, 0.2) is 75.2 Å². The van der Waals surface area contributed by atoms with E-state index < -0.39 is 10.8 Å². The Morgan fingerprint density at radius 2 is 1.91 bits per heavy atom. The zero-order valence-corrected chi connectivity index (χ0v) is 20.9. The van der Waals surface area contributed by atoms with Gasteiger partial charge >= 0.3 is 0 Å². The molecule has 0 aromatic heterocycles. The second-order valence-electron chi connectivity index (χ2n) is 6.88. The number of anilines is 1. The monoisotopic (exact) mass is 585 g/mol. The number of hydrogen-bond acceptors (Lipinski definition) is 6. The molecule has 0 radical (unpaired) electrons. The highest BCUT2D eigenvalue weighted by Gasteiger charge is 2.15. The number of ether oxygens (including phenoxy) is 2. The van der Waals surface area contributed by atoms with Gasteiger partial charge in [-0.15, -0.1) is 0 Å². The van der Waals surface area contributed by atoms with E-state index >= 15 is 0 Å². The van der Waals surface area contributed by atoms with Crippen LogP contribution in [0, 0.1) is 21.4 Å². The van der Waals surface area contributed by atoms with Crippen molar-refractivity contribution in [1.29, 1.82) is 5.26 Å². The summed E-state index contributed by atoms with van der Waals surface area (Å²) >= 11 is 6.78. The molecule has 0 aliphatic carbocycles. The normalized spacial score (nSPS) is 10.8. The summed E-state index contributed by atoms with van der Waals surface area (Å²) in [4.78, 5) is 22.9. The van der Waals surface area contributed by atoms with Crippen LogP contribution in [0.25, 0.3) is 6.08 Å². The molecule has 1 amide bonds. The smallest absolute Gasteiger partial charge is 0.269 e. The molecule has 3 rings (SSSR count). The van der Waals surface area contributed by atoms with E-state index in [9.17, 15) is 20.2 Å². The van der Waals surface area contributed by atoms with E-state index in [1.807, 2.05) is 12.1 Å². The van der Waals surface area contributed by atoms with Gasteiger partial charge in [0.15, 0.2) is 11.5 Å². The zero-order chi connectivity index (χ0) is 24.7. The minimum Gasteiger partial charge on any atom is -0.493 e. The lowest BCUT2D eigenvalue weighted by molar-refractivity contribution is -0.384. The number of halogens is 2. The number of nitro benzene ring substituents is 1. The lowest BCUT2D eigenvalue weighted by Gasteiger charge is -2.14. The molecular weight excluding hydrogens is 570 g/mol. The third kappa shape index (κ3) is 6.43. The molecular formula is C24H17Br2N3O5. The molecule has 34 heavy (non-hydrogen) atoms. The number of rotatable bonds is 8. The number of nitrogens with zero attached hydrogens (tertiary/aromatic N) is 2. The molecule has 10 heteroatoms. The summed E-state index contributed by atoms with van der Waals surface area (Å²) in [5, 5.41) is 23.0. The third-order valence-corrected chi connectivity index (χ3v) is 5.62. The molecule has 3 aromatic carbocycles. The van der Waals surface area contributed by atoms with E-state index in [1.54, 1.807) is 42.5 Å². The predicted octanol–water partition coefficient (Wildman–Crippen LogP) is 6.25. The summed E-state index contributed by atoms with van der Waals surface area (Å²) in [7, 11) is 1.47. The molecule has 0 spiro atoms. The molecule has 0 unspecified atom stereocenters. The maximum Gasteiger partial charge on any atom is 0.269 e. The van der Waals surface area contributed by atoms with Gasteiger partial charge in [0.25, 0.3) is 11.6 Å². The van der Waals surface area contributed by atoms with Gasteiger partial charge < -0.3 is 14.8 Å². The van der Waals surface area contributed by atoms with Crippen molar-refractivity contribution in [2.24, 2.45) is 0 Å². The summed E-state index contributed by atoms with van der Waals surface area (Å²) in [6.07, 6.45) is 1.45. The summed E-state index contributed by atoms with van der Waals surface area (Å²) < 4.78 is 12.6. The highest BCUT2D eigenvalue weighted by Crippen LogP contribution is 2.38. The Morgan fingerprint density at radius 3 is 2.53 bits per heavy atom. The van der Waals surface area contributed by atoms with Crippen LogP contribution >= 0.6 is 31.9 Å². The van der Waals surface area contributed by atoms with Crippen LogP contribution in [-0.2, 0) is 11.4 Å². The van der Waals surface area contributed by atoms with Crippen molar-refractivity contribution in [3.63, 3.8) is 0 Å². The van der Waals surface area contributed by atoms with Crippen LogP contribution in [0.3, 0.4) is 0 Å². The van der Waals surface area contributed by atoms with Gasteiger partial charge in [-0.3, -0.25) is 14.9 Å². The van der Waals surface area contributed by atoms with Gasteiger partial charge in [0, 0.05) is 22.3 Å². The quantitative estimate of drug-likeness (QED) is 0.144. The molecule has 0 saturated carbocycles. The van der Waals surface area contributed by atoms with Crippen LogP contribution in [-0.4, -0.2) is 17.9 Å². The van der Waals surface area contributed by atoms with Gasteiger partial charge in [0.2, 0.25) is 0 Å². The zero-order valence-electron chi connectivity index (χ0n) is 17.7. The second kappa shape index (κ2) is 11.4. The number of non-ortho nitro benzene ring substituents is 1. The number of amides is 1. The first-order valence-electron chi connectivity index (χ1n) is 9.73. The number of carbonyl (C=O) groups excluding carboxylic acids is 1. The molecule has 1 N–H and O–H groups in total. The summed E-state index contributed by atoms with van der Waals surface area (Å²) in [5.74, 6) is 0.247. The summed E-state index contributed by atoms with van der Waals surface area (Å²) in [6.45, 7) is 0.153. The van der Waals surface area contributed by atoms with E-state index in [-0.39, 0.29) is 17.9 Å². The molecule has 0 aliphatic heterocycles. The number of nitrogens with one attached hydrogen (secondary N) is 1. The average molecular weight is 587 g/mol. The Kier molecular flexibility index (Phi) is 8.40. The average Bonchev–Trinajstić information content (AvgIpc) is 2.81. The van der Waals surface area contributed by atoms with Gasteiger partial charge in [0.05, 0.1) is 16.5 Å². The first-order valence-corrected chi connectivity index (χ1v) is 11.3. The number of methoxy groups -OCH3 is 1. The van der Waals surface area contributed by atoms with Crippen molar-refractivity contribution in [2.75, 3.05) is 12.4 Å². The Bertz CT molecular complexity index is 1300. The van der Waals surface area contributed by atoms with Crippen molar-refractivity contribution in [3.8, 4) is 17.6 Å². The Balaban J connectivity index is 1.79. The first kappa shape index (κ1) is 25.0. The number of hydrogen-bond donors (Lipinski definition) is 1. The fraction of sp³-hybridized carbons (Fsp3) is 0.0833. The number of nitro groups is 1. The second-order valence-corrected chi connectivity index (χ2v) is 8.65. The van der Waals surface area contributed by atoms with E-state index in [1.165, 1.54) is 25.3 Å². The van der Waals surface area contributed by atoms with E-state index in [0.29, 0.717) is 27.2 Å². The predicted molar refractivity (Wildman–Crippen MR) is 134 cm³/mol. The Hall–Kier alpha value is -3.68. The minimum atomic E-state index is -0.547. The summed E-state index contributed by atoms with van der Waals surface area (Å²) in [5.41, 5.74) is 1.74. The number of carbonyl (C=O) groups is 1. The lowest BCUT2D eigenvalue weighted by Crippen LogP contribution is -2.13. The number of benzene rings is 3. The van der Waals surface area contributed by atoms with Crippen molar-refractivity contribution in [3.05, 3.63) is 96.4 Å². The largest absolute Gasteiger partial charge is 0.493 e. The van der Waals surface area contributed by atoms with Gasteiger partial charge in [0.1, 0.15) is 18.2 Å². The highest BCUT2D eigenvalue weighted by molar-refractivity contribution is 9.10. The molecule has 0 bridgehead atoms. The lowest BCUT2D eigenvalue weighted by atomic mass is 10.1. The van der Waals surface area contributed by atoms with Gasteiger partial charge in [-0.05, 0) is 75.6 Å². The van der Waals surface area contributed by atoms with Crippen LogP contribution in [0.1, 0.15) is 11.1 Å². The SMILES string of the molecule is COc1cc(/C=C(/C#N)C(=O)Nc2cccc(Br)c2)cc(Br)c1OCc1ccc([N+](=O)[O-])cc1. The molecule has 3 aromatic rings. The maximum atomic E-state index is 12.6. The standard InChI is InChI=1S/C24H17Br2N3O5/c1-33-22-11-16(9-17(13-27)24(30)28-19-4-2-3-18(25)12-19)10-21(26)23(22)34-14-15-5-7-20(8-6-15)29(31)32/h2-12H,14H2,1H3,(H,28,30)/b17-9-. The van der Waals surface area contributed by atoms with Gasteiger partial charge in [-0.25, -0.2) is 0 Å². The van der Waals surface area contributed by atoms with Crippen molar-refractivity contribution < 1.29 is 19.2 Å². The molecule has 0 saturated heterocycles. The molecule has 0 aliphatic rings. The third-order valence-electron chi connectivity index (χ3n) is 4.54. The summed E-state index contributed by atoms with van der Waals surface area (Å²) in [6, 6.07) is 18.3. The number of nitriles is 1. The van der Waals surface area contributed by atoms with Crippen molar-refractivity contribution in [1.82, 2.24) is 0 Å². The molecule has 0 fully saturated rings. The fourth-order valence-corrected chi connectivity index (χ4v) is 3.89. The maximum absolute atomic E-state index is 12.6. The van der Waals surface area contributed by atoms with Gasteiger partial charge in [-0.1, -0.05) is 22.0 Å². The molecule has 0 atom stereocenters. The van der Waals surface area contributed by atoms with E-state index in [0.717, 1.165) is 10.0 Å². The fourth-order valence-electron chi connectivity index (χ4n) is 2.91. The minimum absolute atomic E-state index is 0.00381. The molecule has 0 heterocycles. The Labute approximate surface area is 212 Å². The first-order chi connectivity index (χ1) is 16.3. The van der Waals surface area contributed by atoms with Crippen molar-refractivity contribution >= 4 is 55.2 Å². The molecule has 8 nitrogen and oxygen atoms in total. The van der Waals surface area contributed by atoms with E-state index in [2.05, 4.69) is 37.2 Å². The van der Waals surface area contributed by atoms with Crippen molar-refractivity contribution in [2.45, 2.75) is 6.61 Å². The highest BCUT2D eigenvalue weighted by atomic mass is 79.9. The van der Waals surface area contributed by atoms with Crippen LogP contribution < -0.4 is 14.8 Å².